The molecule has 3 heterocycles. The molecule has 0 saturated carbocycles. The Bertz CT molecular complexity index is 580. The molecular formula is C17H27N5O. The molecule has 0 radical (unpaired) electrons. The Labute approximate surface area is 137 Å². The molecule has 0 aromatic carbocycles. The van der Waals surface area contributed by atoms with E-state index in [9.17, 15) is 4.79 Å². The summed E-state index contributed by atoms with van der Waals surface area (Å²) in [4.78, 5) is 15.0. The van der Waals surface area contributed by atoms with Gasteiger partial charge in [0, 0.05) is 43.9 Å². The number of carbonyl (C=O) groups excluding carboxylic acids is 1. The highest BCUT2D eigenvalue weighted by Crippen LogP contribution is 2.19. The van der Waals surface area contributed by atoms with Crippen molar-refractivity contribution in [2.75, 3.05) is 32.7 Å². The molecule has 0 bridgehead atoms. The van der Waals surface area contributed by atoms with Crippen molar-refractivity contribution in [3.63, 3.8) is 0 Å². The van der Waals surface area contributed by atoms with Gasteiger partial charge in [-0.2, -0.15) is 5.10 Å². The molecule has 1 unspecified atom stereocenters. The SMILES string of the molecule is C=CCn1nc(C(=O)NCC2CCN(CC)C2)c2c1CCNC2. The molecule has 0 spiro atoms. The lowest BCUT2D eigenvalue weighted by atomic mass is 10.1. The van der Waals surface area contributed by atoms with E-state index in [4.69, 9.17) is 0 Å². The number of likely N-dealkylation sites (tertiary alicyclic amines) is 1. The molecule has 1 aromatic heterocycles. The Morgan fingerprint density at radius 2 is 2.43 bits per heavy atom. The molecule has 6 nitrogen and oxygen atoms in total. The van der Waals surface area contributed by atoms with Crippen LogP contribution in [-0.4, -0.2) is 53.3 Å². The third-order valence-corrected chi connectivity index (χ3v) is 4.89. The summed E-state index contributed by atoms with van der Waals surface area (Å²) in [6, 6.07) is 0. The van der Waals surface area contributed by atoms with Crippen LogP contribution in [0.5, 0.6) is 0 Å². The van der Waals surface area contributed by atoms with Crippen molar-refractivity contribution in [2.45, 2.75) is 32.9 Å². The van der Waals surface area contributed by atoms with Gasteiger partial charge in [0.15, 0.2) is 5.69 Å². The van der Waals surface area contributed by atoms with Crippen LogP contribution < -0.4 is 10.6 Å². The third-order valence-electron chi connectivity index (χ3n) is 4.89. The second kappa shape index (κ2) is 7.27. The van der Waals surface area contributed by atoms with Gasteiger partial charge >= 0.3 is 0 Å². The molecule has 1 amide bonds. The highest BCUT2D eigenvalue weighted by molar-refractivity contribution is 5.94. The number of hydrogen-bond acceptors (Lipinski definition) is 4. The largest absolute Gasteiger partial charge is 0.350 e. The third kappa shape index (κ3) is 3.48. The molecule has 1 atom stereocenters. The fourth-order valence-electron chi connectivity index (χ4n) is 3.56. The maximum absolute atomic E-state index is 12.6. The smallest absolute Gasteiger partial charge is 0.272 e. The number of amides is 1. The van der Waals surface area contributed by atoms with Crippen molar-refractivity contribution in [3.05, 3.63) is 29.6 Å². The van der Waals surface area contributed by atoms with Crippen molar-refractivity contribution in [2.24, 2.45) is 5.92 Å². The van der Waals surface area contributed by atoms with E-state index in [1.165, 1.54) is 12.1 Å². The Morgan fingerprint density at radius 1 is 1.57 bits per heavy atom. The first-order valence-electron chi connectivity index (χ1n) is 8.63. The van der Waals surface area contributed by atoms with Crippen molar-refractivity contribution in [1.29, 1.82) is 0 Å². The molecule has 1 saturated heterocycles. The fraction of sp³-hybridized carbons (Fsp3) is 0.647. The van der Waals surface area contributed by atoms with Crippen LogP contribution >= 0.6 is 0 Å². The summed E-state index contributed by atoms with van der Waals surface area (Å²) in [5.41, 5.74) is 2.81. The Hall–Kier alpha value is -1.66. The standard InChI is InChI=1S/C17H27N5O/c1-3-8-22-15-5-7-18-11-14(15)16(20-22)17(23)19-10-13-6-9-21(4-2)12-13/h3,13,18H,1,4-12H2,2H3,(H,19,23). The van der Waals surface area contributed by atoms with Crippen LogP contribution in [0.15, 0.2) is 12.7 Å². The molecule has 6 heteroatoms. The maximum Gasteiger partial charge on any atom is 0.272 e. The number of aromatic nitrogens is 2. The second-order valence-corrected chi connectivity index (χ2v) is 6.43. The van der Waals surface area contributed by atoms with Crippen molar-refractivity contribution in [1.82, 2.24) is 25.3 Å². The lowest BCUT2D eigenvalue weighted by Gasteiger charge is -2.15. The first kappa shape index (κ1) is 16.2. The summed E-state index contributed by atoms with van der Waals surface area (Å²) in [6.45, 7) is 12.3. The monoisotopic (exact) mass is 317 g/mol. The second-order valence-electron chi connectivity index (χ2n) is 6.43. The van der Waals surface area contributed by atoms with E-state index in [0.717, 1.165) is 51.3 Å². The van der Waals surface area contributed by atoms with Gasteiger partial charge in [0.25, 0.3) is 5.91 Å². The average Bonchev–Trinajstić information content (AvgIpc) is 3.18. The molecule has 2 aliphatic heterocycles. The topological polar surface area (TPSA) is 62.2 Å². The van der Waals surface area contributed by atoms with Gasteiger partial charge in [-0.3, -0.25) is 9.48 Å². The molecule has 2 aliphatic rings. The van der Waals surface area contributed by atoms with Crippen molar-refractivity contribution in [3.8, 4) is 0 Å². The van der Waals surface area contributed by atoms with E-state index < -0.39 is 0 Å². The van der Waals surface area contributed by atoms with Gasteiger partial charge in [-0.15, -0.1) is 6.58 Å². The van der Waals surface area contributed by atoms with Crippen LogP contribution in [0.1, 0.15) is 35.1 Å². The van der Waals surface area contributed by atoms with Gasteiger partial charge in [0.05, 0.1) is 6.54 Å². The van der Waals surface area contributed by atoms with Crippen LogP contribution in [0.2, 0.25) is 0 Å². The number of hydrogen-bond donors (Lipinski definition) is 2. The first-order valence-corrected chi connectivity index (χ1v) is 8.63. The van der Waals surface area contributed by atoms with E-state index in [0.29, 0.717) is 18.2 Å². The predicted molar refractivity (Wildman–Crippen MR) is 90.4 cm³/mol. The average molecular weight is 317 g/mol. The summed E-state index contributed by atoms with van der Waals surface area (Å²) in [7, 11) is 0. The summed E-state index contributed by atoms with van der Waals surface area (Å²) >= 11 is 0. The Kier molecular flexibility index (Phi) is 5.13. The van der Waals surface area contributed by atoms with Gasteiger partial charge in [0.1, 0.15) is 0 Å². The fourth-order valence-corrected chi connectivity index (χ4v) is 3.56. The minimum absolute atomic E-state index is 0.0392. The Morgan fingerprint density at radius 3 is 3.17 bits per heavy atom. The number of rotatable bonds is 6. The van der Waals surface area contributed by atoms with E-state index >= 15 is 0 Å². The minimum atomic E-state index is -0.0392. The van der Waals surface area contributed by atoms with Crippen LogP contribution in [-0.2, 0) is 19.5 Å². The first-order chi connectivity index (χ1) is 11.2. The van der Waals surface area contributed by atoms with E-state index in [-0.39, 0.29) is 5.91 Å². The normalized spacial score (nSPS) is 21.2. The summed E-state index contributed by atoms with van der Waals surface area (Å²) in [5, 5.41) is 11.0. The van der Waals surface area contributed by atoms with E-state index in [1.54, 1.807) is 0 Å². The summed E-state index contributed by atoms with van der Waals surface area (Å²) < 4.78 is 1.92. The molecule has 1 aromatic rings. The molecule has 3 rings (SSSR count). The molecular weight excluding hydrogens is 290 g/mol. The van der Waals surface area contributed by atoms with Crippen LogP contribution in [0.25, 0.3) is 0 Å². The number of fused-ring (bicyclic) bond motifs is 1. The quantitative estimate of drug-likeness (QED) is 0.762. The van der Waals surface area contributed by atoms with Gasteiger partial charge in [-0.25, -0.2) is 0 Å². The van der Waals surface area contributed by atoms with Gasteiger partial charge in [-0.05, 0) is 25.4 Å². The van der Waals surface area contributed by atoms with Gasteiger partial charge < -0.3 is 15.5 Å². The zero-order chi connectivity index (χ0) is 16.2. The number of allylic oxidation sites excluding steroid dienone is 1. The minimum Gasteiger partial charge on any atom is -0.350 e. The number of nitrogens with one attached hydrogen (secondary N) is 2. The highest BCUT2D eigenvalue weighted by Gasteiger charge is 2.26. The van der Waals surface area contributed by atoms with Gasteiger partial charge in [-0.1, -0.05) is 13.0 Å². The zero-order valence-electron chi connectivity index (χ0n) is 14.0. The van der Waals surface area contributed by atoms with E-state index in [1.807, 2.05) is 10.8 Å². The predicted octanol–water partition coefficient (Wildman–Crippen LogP) is 0.786. The van der Waals surface area contributed by atoms with Crippen molar-refractivity contribution < 1.29 is 4.79 Å². The molecule has 126 valence electrons. The number of carbonyl (C=O) groups is 1. The van der Waals surface area contributed by atoms with Crippen LogP contribution in [0, 0.1) is 5.92 Å². The molecule has 0 aliphatic carbocycles. The zero-order valence-corrected chi connectivity index (χ0v) is 14.0. The lowest BCUT2D eigenvalue weighted by Crippen LogP contribution is -2.32. The van der Waals surface area contributed by atoms with Gasteiger partial charge in [0.2, 0.25) is 0 Å². The molecule has 23 heavy (non-hydrogen) atoms. The Balaban J connectivity index is 1.66. The van der Waals surface area contributed by atoms with Crippen LogP contribution in [0.4, 0.5) is 0 Å². The highest BCUT2D eigenvalue weighted by atomic mass is 16.2. The molecule has 2 N–H and O–H groups in total. The maximum atomic E-state index is 12.6. The molecule has 1 fully saturated rings. The lowest BCUT2D eigenvalue weighted by molar-refractivity contribution is 0.0940. The summed E-state index contributed by atoms with van der Waals surface area (Å²) in [5.74, 6) is 0.519. The van der Waals surface area contributed by atoms with E-state index in [2.05, 4.69) is 34.1 Å². The summed E-state index contributed by atoms with van der Waals surface area (Å²) in [6.07, 6.45) is 3.91. The van der Waals surface area contributed by atoms with Crippen molar-refractivity contribution >= 4 is 5.91 Å². The number of nitrogens with zero attached hydrogens (tertiary/aromatic N) is 3. The van der Waals surface area contributed by atoms with Crippen LogP contribution in [0.3, 0.4) is 0 Å².